The lowest BCUT2D eigenvalue weighted by molar-refractivity contribution is 0.598. The molecule has 0 fully saturated rings. The summed E-state index contributed by atoms with van der Waals surface area (Å²) in [5.74, 6) is -0.748. The van der Waals surface area contributed by atoms with Crippen molar-refractivity contribution in [2.45, 2.75) is 17.7 Å². The number of benzene rings is 2. The maximum Gasteiger partial charge on any atom is 0.238 e. The molecule has 2 aromatic carbocycles. The standard InChI is InChI=1S/C19H16ClFN6O2S/c20-16-10-14(7-6-12(16)3-2-8-22)25-18-17(21)11-24-19(27-18)26-13-4-1-5-15(9-13)30(23,28)29/h1,4-7,9-11H,2-3H2,(H2,23,28,29)(H2,24,25,26,27). The van der Waals surface area contributed by atoms with Gasteiger partial charge >= 0.3 is 0 Å². The van der Waals surface area contributed by atoms with Crippen molar-refractivity contribution >= 4 is 44.8 Å². The van der Waals surface area contributed by atoms with Gasteiger partial charge in [-0.05, 0) is 42.3 Å². The number of hydrogen-bond acceptors (Lipinski definition) is 7. The van der Waals surface area contributed by atoms with Crippen LogP contribution in [-0.2, 0) is 16.4 Å². The number of aromatic nitrogens is 2. The summed E-state index contributed by atoms with van der Waals surface area (Å²) in [6.07, 6.45) is 1.84. The number of nitrogens with two attached hydrogens (primary N) is 1. The largest absolute Gasteiger partial charge is 0.338 e. The minimum absolute atomic E-state index is 0.0437. The van der Waals surface area contributed by atoms with Crippen molar-refractivity contribution in [3.05, 3.63) is 65.1 Å². The Balaban J connectivity index is 1.81. The maximum atomic E-state index is 14.2. The Kier molecular flexibility index (Phi) is 6.47. The number of nitrogens with zero attached hydrogens (tertiary/aromatic N) is 3. The van der Waals surface area contributed by atoms with Gasteiger partial charge < -0.3 is 10.6 Å². The van der Waals surface area contributed by atoms with Crippen LogP contribution in [0.15, 0.2) is 53.6 Å². The lowest BCUT2D eigenvalue weighted by atomic mass is 10.1. The van der Waals surface area contributed by atoms with Gasteiger partial charge in [-0.15, -0.1) is 0 Å². The van der Waals surface area contributed by atoms with E-state index in [9.17, 15) is 12.8 Å². The molecule has 0 aliphatic rings. The first-order valence-electron chi connectivity index (χ1n) is 8.61. The van der Waals surface area contributed by atoms with Crippen LogP contribution in [0.5, 0.6) is 0 Å². The van der Waals surface area contributed by atoms with Gasteiger partial charge in [0.05, 0.1) is 17.2 Å². The fraction of sp³-hybridized carbons (Fsp3) is 0.105. The Bertz CT molecular complexity index is 1230. The highest BCUT2D eigenvalue weighted by molar-refractivity contribution is 7.89. The van der Waals surface area contributed by atoms with E-state index in [-0.39, 0.29) is 16.7 Å². The Morgan fingerprint density at radius 3 is 2.63 bits per heavy atom. The first kappa shape index (κ1) is 21.4. The third-order valence-corrected chi connectivity index (χ3v) is 5.25. The Labute approximate surface area is 177 Å². The predicted octanol–water partition coefficient (Wildman–Crippen LogP) is 3.86. The Morgan fingerprint density at radius 2 is 1.93 bits per heavy atom. The smallest absolute Gasteiger partial charge is 0.238 e. The van der Waals surface area contributed by atoms with Crippen molar-refractivity contribution in [2.24, 2.45) is 5.14 Å². The molecule has 1 heterocycles. The second-order valence-corrected chi connectivity index (χ2v) is 8.15. The summed E-state index contributed by atoms with van der Waals surface area (Å²) in [7, 11) is -3.87. The van der Waals surface area contributed by atoms with Crippen LogP contribution in [0, 0.1) is 17.1 Å². The highest BCUT2D eigenvalue weighted by atomic mass is 35.5. The number of aryl methyl sites for hydroxylation is 1. The summed E-state index contributed by atoms with van der Waals surface area (Å²) >= 11 is 6.21. The summed E-state index contributed by atoms with van der Waals surface area (Å²) in [6.45, 7) is 0. The van der Waals surface area contributed by atoms with Gasteiger partial charge in [0.2, 0.25) is 16.0 Å². The fourth-order valence-electron chi connectivity index (χ4n) is 2.55. The van der Waals surface area contributed by atoms with Crippen LogP contribution in [0.4, 0.5) is 27.5 Å². The molecule has 0 saturated carbocycles. The quantitative estimate of drug-likeness (QED) is 0.501. The third kappa shape index (κ3) is 5.42. The normalized spacial score (nSPS) is 11.0. The van der Waals surface area contributed by atoms with E-state index in [1.807, 2.05) is 0 Å². The van der Waals surface area contributed by atoms with Crippen molar-refractivity contribution in [1.82, 2.24) is 9.97 Å². The zero-order valence-electron chi connectivity index (χ0n) is 15.4. The molecule has 0 spiro atoms. The molecule has 0 saturated heterocycles. The number of hydrogen-bond donors (Lipinski definition) is 3. The number of primary sulfonamides is 1. The molecule has 4 N–H and O–H groups in total. The molecule has 0 atom stereocenters. The number of halogens is 2. The Morgan fingerprint density at radius 1 is 1.17 bits per heavy atom. The molecule has 3 rings (SSSR count). The monoisotopic (exact) mass is 446 g/mol. The molecule has 0 bridgehead atoms. The topological polar surface area (TPSA) is 134 Å². The van der Waals surface area contributed by atoms with Gasteiger partial charge in [0.25, 0.3) is 0 Å². The Hall–Kier alpha value is -3.26. The van der Waals surface area contributed by atoms with E-state index in [1.54, 1.807) is 24.3 Å². The third-order valence-electron chi connectivity index (χ3n) is 3.98. The molecular formula is C19H16ClFN6O2S. The number of anilines is 4. The lowest BCUT2D eigenvalue weighted by Gasteiger charge is -2.11. The zero-order chi connectivity index (χ0) is 21.7. The van der Waals surface area contributed by atoms with E-state index in [1.165, 1.54) is 18.2 Å². The van der Waals surface area contributed by atoms with Crippen LogP contribution in [0.25, 0.3) is 0 Å². The highest BCUT2D eigenvalue weighted by Gasteiger charge is 2.11. The van der Waals surface area contributed by atoms with E-state index in [0.717, 1.165) is 11.8 Å². The molecule has 0 aliphatic heterocycles. The zero-order valence-corrected chi connectivity index (χ0v) is 17.0. The molecule has 0 aliphatic carbocycles. The number of sulfonamides is 1. The lowest BCUT2D eigenvalue weighted by Crippen LogP contribution is -2.12. The molecule has 154 valence electrons. The first-order valence-corrected chi connectivity index (χ1v) is 10.5. The van der Waals surface area contributed by atoms with E-state index in [0.29, 0.717) is 29.2 Å². The summed E-state index contributed by atoms with van der Waals surface area (Å²) in [5, 5.41) is 19.9. The van der Waals surface area contributed by atoms with Crippen LogP contribution in [-0.4, -0.2) is 18.4 Å². The SMILES string of the molecule is N#CCCc1ccc(Nc2nc(Nc3cccc(S(N)(=O)=O)c3)ncc2F)cc1Cl. The summed E-state index contributed by atoms with van der Waals surface area (Å²) in [6, 6.07) is 12.9. The maximum absolute atomic E-state index is 14.2. The average Bonchev–Trinajstić information content (AvgIpc) is 2.69. The van der Waals surface area contributed by atoms with E-state index < -0.39 is 15.8 Å². The summed E-state index contributed by atoms with van der Waals surface area (Å²) in [5.41, 5.74) is 1.67. The van der Waals surface area contributed by atoms with Crippen LogP contribution >= 0.6 is 11.6 Å². The van der Waals surface area contributed by atoms with E-state index in [2.05, 4.69) is 26.7 Å². The van der Waals surface area contributed by atoms with Gasteiger partial charge in [0.15, 0.2) is 11.6 Å². The van der Waals surface area contributed by atoms with Crippen LogP contribution in [0.2, 0.25) is 5.02 Å². The van der Waals surface area contributed by atoms with Crippen molar-refractivity contribution in [2.75, 3.05) is 10.6 Å². The predicted molar refractivity (Wildman–Crippen MR) is 112 cm³/mol. The summed E-state index contributed by atoms with van der Waals surface area (Å²) in [4.78, 5) is 7.86. The first-order chi connectivity index (χ1) is 14.3. The van der Waals surface area contributed by atoms with Gasteiger partial charge in [-0.25, -0.2) is 22.9 Å². The molecule has 1 aromatic heterocycles. The number of nitriles is 1. The molecule has 0 unspecified atom stereocenters. The molecule has 3 aromatic rings. The van der Waals surface area contributed by atoms with Crippen molar-refractivity contribution in [3.8, 4) is 6.07 Å². The molecule has 0 amide bonds. The molecule has 0 radical (unpaired) electrons. The number of nitrogens with one attached hydrogen (secondary N) is 2. The van der Waals surface area contributed by atoms with Crippen molar-refractivity contribution in [3.63, 3.8) is 0 Å². The second kappa shape index (κ2) is 9.04. The fourth-order valence-corrected chi connectivity index (χ4v) is 3.38. The van der Waals surface area contributed by atoms with Crippen LogP contribution in [0.3, 0.4) is 0 Å². The molecule has 11 heteroatoms. The average molecular weight is 447 g/mol. The molecule has 30 heavy (non-hydrogen) atoms. The van der Waals surface area contributed by atoms with E-state index in [4.69, 9.17) is 22.0 Å². The van der Waals surface area contributed by atoms with Crippen molar-refractivity contribution < 1.29 is 12.8 Å². The summed E-state index contributed by atoms with van der Waals surface area (Å²) < 4.78 is 37.1. The minimum Gasteiger partial charge on any atom is -0.338 e. The second-order valence-electron chi connectivity index (χ2n) is 6.18. The number of rotatable bonds is 7. The van der Waals surface area contributed by atoms with E-state index >= 15 is 0 Å². The van der Waals surface area contributed by atoms with Gasteiger partial charge in [0.1, 0.15) is 0 Å². The van der Waals surface area contributed by atoms with Crippen LogP contribution < -0.4 is 15.8 Å². The van der Waals surface area contributed by atoms with Gasteiger partial charge in [-0.1, -0.05) is 23.7 Å². The van der Waals surface area contributed by atoms with Gasteiger partial charge in [-0.3, -0.25) is 0 Å². The molecule has 8 nitrogen and oxygen atoms in total. The van der Waals surface area contributed by atoms with Crippen LogP contribution in [0.1, 0.15) is 12.0 Å². The van der Waals surface area contributed by atoms with Gasteiger partial charge in [0, 0.05) is 22.8 Å². The molecular weight excluding hydrogens is 431 g/mol. The van der Waals surface area contributed by atoms with Gasteiger partial charge in [-0.2, -0.15) is 10.2 Å². The minimum atomic E-state index is -3.87. The highest BCUT2D eigenvalue weighted by Crippen LogP contribution is 2.26. The van der Waals surface area contributed by atoms with Crippen molar-refractivity contribution in [1.29, 1.82) is 5.26 Å².